The van der Waals surface area contributed by atoms with Gasteiger partial charge in [0.05, 0.1) is 0 Å². The second kappa shape index (κ2) is 7.93. The first-order valence-electron chi connectivity index (χ1n) is 7.69. The Kier molecular flexibility index (Phi) is 6.21. The SMILES string of the molecule is O=C(N[C@@H]1CS[C@H](C(=O)O)C1)c1ccn(C2CC2(F)F)n1.O=C(O)C(F)(F)F. The molecule has 0 spiro atoms. The van der Waals surface area contributed by atoms with Crippen molar-refractivity contribution in [3.8, 4) is 0 Å². The summed E-state index contributed by atoms with van der Waals surface area (Å²) >= 11 is 1.28. The van der Waals surface area contributed by atoms with Crippen LogP contribution in [0.25, 0.3) is 0 Å². The van der Waals surface area contributed by atoms with E-state index in [1.165, 1.54) is 24.0 Å². The van der Waals surface area contributed by atoms with Crippen molar-refractivity contribution in [2.24, 2.45) is 0 Å². The number of nitrogens with zero attached hydrogens (tertiary/aromatic N) is 2. The third-order valence-corrected chi connectivity index (χ3v) is 5.19. The van der Waals surface area contributed by atoms with Crippen LogP contribution in [0, 0.1) is 0 Å². The normalized spacial score (nSPS) is 25.4. The smallest absolute Gasteiger partial charge is 0.480 e. The Morgan fingerprint density at radius 1 is 1.29 bits per heavy atom. The van der Waals surface area contributed by atoms with E-state index in [4.69, 9.17) is 15.0 Å². The van der Waals surface area contributed by atoms with Crippen LogP contribution in [0.5, 0.6) is 0 Å². The van der Waals surface area contributed by atoms with Gasteiger partial charge in [0.2, 0.25) is 0 Å². The molecular formula is C14H14F5N3O5S. The number of rotatable bonds is 4. The highest BCUT2D eigenvalue weighted by molar-refractivity contribution is 8.00. The van der Waals surface area contributed by atoms with E-state index in [-0.39, 0.29) is 18.2 Å². The average Bonchev–Trinajstić information content (AvgIpc) is 3.00. The summed E-state index contributed by atoms with van der Waals surface area (Å²) in [5.74, 6) is -6.33. The van der Waals surface area contributed by atoms with Crippen LogP contribution in [0.4, 0.5) is 22.0 Å². The lowest BCUT2D eigenvalue weighted by Crippen LogP contribution is -2.35. The molecule has 1 amide bonds. The van der Waals surface area contributed by atoms with Crippen LogP contribution in [-0.2, 0) is 9.59 Å². The Bertz CT molecular complexity index is 769. The third kappa shape index (κ3) is 5.56. The van der Waals surface area contributed by atoms with Crippen molar-refractivity contribution in [3.05, 3.63) is 18.0 Å². The van der Waals surface area contributed by atoms with Crippen molar-refractivity contribution in [1.29, 1.82) is 0 Å². The average molecular weight is 431 g/mol. The lowest BCUT2D eigenvalue weighted by molar-refractivity contribution is -0.192. The Labute approximate surface area is 158 Å². The van der Waals surface area contributed by atoms with Crippen LogP contribution in [0.1, 0.15) is 29.4 Å². The van der Waals surface area contributed by atoms with Crippen molar-refractivity contribution in [3.63, 3.8) is 0 Å². The van der Waals surface area contributed by atoms with Crippen molar-refractivity contribution in [2.45, 2.75) is 42.3 Å². The molecule has 1 unspecified atom stereocenters. The Hall–Kier alpha value is -2.38. The molecule has 0 radical (unpaired) electrons. The summed E-state index contributed by atoms with van der Waals surface area (Å²) in [6, 6.07) is 0.189. The predicted octanol–water partition coefficient (Wildman–Crippen LogP) is 1.78. The molecule has 8 nitrogen and oxygen atoms in total. The summed E-state index contributed by atoms with van der Waals surface area (Å²) in [5.41, 5.74) is 0.0708. The van der Waals surface area contributed by atoms with Gasteiger partial charge in [-0.05, 0) is 12.5 Å². The second-order valence-electron chi connectivity index (χ2n) is 6.03. The van der Waals surface area contributed by atoms with Crippen molar-refractivity contribution in [2.75, 3.05) is 5.75 Å². The number of hydrogen-bond acceptors (Lipinski definition) is 5. The van der Waals surface area contributed by atoms with E-state index in [1.54, 1.807) is 0 Å². The molecule has 3 atom stereocenters. The lowest BCUT2D eigenvalue weighted by atomic mass is 10.2. The first-order valence-corrected chi connectivity index (χ1v) is 8.74. The number of hydrogen-bond donors (Lipinski definition) is 3. The topological polar surface area (TPSA) is 122 Å². The van der Waals surface area contributed by atoms with E-state index in [9.17, 15) is 31.5 Å². The molecule has 1 aromatic heterocycles. The molecule has 1 saturated carbocycles. The first-order chi connectivity index (χ1) is 12.8. The van der Waals surface area contributed by atoms with Gasteiger partial charge in [-0.15, -0.1) is 11.8 Å². The number of carbonyl (C=O) groups excluding carboxylic acids is 1. The van der Waals surface area contributed by atoms with Gasteiger partial charge in [0.1, 0.15) is 17.0 Å². The van der Waals surface area contributed by atoms with E-state index >= 15 is 0 Å². The van der Waals surface area contributed by atoms with Crippen LogP contribution in [-0.4, -0.2) is 67.0 Å². The minimum absolute atomic E-state index is 0.0708. The number of amides is 1. The molecule has 3 rings (SSSR count). The van der Waals surface area contributed by atoms with Crippen LogP contribution in [0.2, 0.25) is 0 Å². The maximum absolute atomic E-state index is 12.9. The molecule has 1 saturated heterocycles. The zero-order valence-electron chi connectivity index (χ0n) is 13.8. The zero-order valence-corrected chi connectivity index (χ0v) is 14.6. The molecule has 2 heterocycles. The maximum Gasteiger partial charge on any atom is 0.490 e. The monoisotopic (exact) mass is 431 g/mol. The number of thioether (sulfide) groups is 1. The molecule has 2 aliphatic rings. The third-order valence-electron chi connectivity index (χ3n) is 3.80. The summed E-state index contributed by atoms with van der Waals surface area (Å²) < 4.78 is 58.7. The first kappa shape index (κ1) is 21.9. The fourth-order valence-corrected chi connectivity index (χ4v) is 3.47. The lowest BCUT2D eigenvalue weighted by Gasteiger charge is -2.10. The molecule has 1 aliphatic carbocycles. The molecule has 2 fully saturated rings. The van der Waals surface area contributed by atoms with Crippen LogP contribution in [0.3, 0.4) is 0 Å². The molecule has 1 aromatic rings. The number of halogens is 5. The molecule has 0 aromatic carbocycles. The van der Waals surface area contributed by atoms with E-state index in [2.05, 4.69) is 10.4 Å². The van der Waals surface area contributed by atoms with E-state index < -0.39 is 41.2 Å². The van der Waals surface area contributed by atoms with Crippen molar-refractivity contribution < 1.29 is 46.5 Å². The van der Waals surface area contributed by atoms with Gasteiger partial charge in [-0.2, -0.15) is 18.3 Å². The van der Waals surface area contributed by atoms with Gasteiger partial charge in [-0.1, -0.05) is 0 Å². The Balaban J connectivity index is 0.000000345. The number of carboxylic acids is 2. The molecule has 14 heteroatoms. The number of aliphatic carboxylic acids is 2. The summed E-state index contributed by atoms with van der Waals surface area (Å²) in [6.07, 6.45) is -3.62. The van der Waals surface area contributed by atoms with Crippen LogP contribution in [0.15, 0.2) is 12.3 Å². The molecule has 1 aliphatic heterocycles. The maximum atomic E-state index is 12.9. The van der Waals surface area contributed by atoms with Gasteiger partial charge < -0.3 is 15.5 Å². The number of nitrogens with one attached hydrogen (secondary N) is 1. The number of carboxylic acid groups (broad SMARTS) is 2. The summed E-state index contributed by atoms with van der Waals surface area (Å²) in [6.45, 7) is 0. The highest BCUT2D eigenvalue weighted by Gasteiger charge is 2.59. The highest BCUT2D eigenvalue weighted by atomic mass is 32.2. The van der Waals surface area contributed by atoms with E-state index in [0.29, 0.717) is 12.2 Å². The summed E-state index contributed by atoms with van der Waals surface area (Å²) in [4.78, 5) is 31.7. The molecule has 156 valence electrons. The number of alkyl halides is 5. The standard InChI is InChI=1S/C12H13F2N3O3S.C2HF3O2/c13-12(14)4-9(12)17-2-1-7(16-17)10(18)15-6-3-8(11(19)20)21-5-6;3-2(4,5)1(6)7/h1-2,6,8-9H,3-5H2,(H,15,18)(H,19,20);(H,6,7)/t6-,8-,9?;/m0./s1. The van der Waals surface area contributed by atoms with Crippen molar-refractivity contribution >= 4 is 29.6 Å². The van der Waals surface area contributed by atoms with Crippen molar-refractivity contribution in [1.82, 2.24) is 15.1 Å². The minimum Gasteiger partial charge on any atom is -0.480 e. The van der Waals surface area contributed by atoms with Gasteiger partial charge in [0.25, 0.3) is 11.8 Å². The summed E-state index contributed by atoms with van der Waals surface area (Å²) in [7, 11) is 0. The summed E-state index contributed by atoms with van der Waals surface area (Å²) in [5, 5.41) is 22.0. The molecule has 28 heavy (non-hydrogen) atoms. The van der Waals surface area contributed by atoms with Gasteiger partial charge in [0.15, 0.2) is 0 Å². The van der Waals surface area contributed by atoms with Crippen LogP contribution < -0.4 is 5.32 Å². The fraction of sp³-hybridized carbons (Fsp3) is 0.571. The minimum atomic E-state index is -5.08. The predicted molar refractivity (Wildman–Crippen MR) is 84.3 cm³/mol. The van der Waals surface area contributed by atoms with E-state index in [0.717, 1.165) is 4.68 Å². The Morgan fingerprint density at radius 2 is 1.86 bits per heavy atom. The van der Waals surface area contributed by atoms with Gasteiger partial charge in [0, 0.05) is 24.4 Å². The quantitative estimate of drug-likeness (QED) is 0.622. The van der Waals surface area contributed by atoms with Crippen LogP contribution >= 0.6 is 11.8 Å². The number of aromatic nitrogens is 2. The molecule has 3 N–H and O–H groups in total. The van der Waals surface area contributed by atoms with E-state index in [1.807, 2.05) is 0 Å². The second-order valence-corrected chi connectivity index (χ2v) is 7.27. The molecule has 0 bridgehead atoms. The molecular weight excluding hydrogens is 417 g/mol. The highest BCUT2D eigenvalue weighted by Crippen LogP contribution is 2.52. The zero-order chi connectivity index (χ0) is 21.3. The Morgan fingerprint density at radius 3 is 2.29 bits per heavy atom. The van der Waals surface area contributed by atoms with Gasteiger partial charge in [-0.3, -0.25) is 14.3 Å². The largest absolute Gasteiger partial charge is 0.490 e. The fourth-order valence-electron chi connectivity index (χ4n) is 2.28. The van der Waals surface area contributed by atoms with Gasteiger partial charge >= 0.3 is 18.1 Å². The van der Waals surface area contributed by atoms with Gasteiger partial charge in [-0.25, -0.2) is 13.6 Å². The number of carbonyl (C=O) groups is 3.